The molecule has 6 heteroatoms. The molecule has 0 saturated carbocycles. The quantitative estimate of drug-likeness (QED) is 0.432. The Morgan fingerprint density at radius 1 is 1.06 bits per heavy atom. The van der Waals surface area contributed by atoms with Gasteiger partial charge in [0, 0.05) is 18.1 Å². The molecule has 1 unspecified atom stereocenters. The van der Waals surface area contributed by atoms with Crippen molar-refractivity contribution in [2.45, 2.75) is 32.3 Å². The van der Waals surface area contributed by atoms with Crippen LogP contribution in [0.3, 0.4) is 0 Å². The Morgan fingerprint density at radius 3 is 2.59 bits per heavy atom. The lowest BCUT2D eigenvalue weighted by Crippen LogP contribution is -2.18. The van der Waals surface area contributed by atoms with E-state index in [4.69, 9.17) is 14.7 Å². The summed E-state index contributed by atoms with van der Waals surface area (Å²) in [6.07, 6.45) is 9.96. The van der Waals surface area contributed by atoms with Gasteiger partial charge in [0.2, 0.25) is 0 Å². The van der Waals surface area contributed by atoms with E-state index < -0.39 is 5.97 Å². The van der Waals surface area contributed by atoms with Gasteiger partial charge in [0.25, 0.3) is 0 Å². The lowest BCUT2D eigenvalue weighted by atomic mass is 9.87. The van der Waals surface area contributed by atoms with Crippen LogP contribution in [-0.4, -0.2) is 22.7 Å². The standard InChI is InChI=1S/C28H28N2O4/c1-20(30-34-28(22-6-3-2-4-7-22)23-14-16-29-17-15-23)10-11-21-12-13-25-24(18-21)8-5-9-26(25)33-19-27(31)32/h2-11,14-17,28,30H,12-13,18-19H2,1H3,(H,31,32). The highest BCUT2D eigenvalue weighted by Crippen LogP contribution is 2.32. The molecule has 174 valence electrons. The fourth-order valence-corrected chi connectivity index (χ4v) is 4.02. The zero-order valence-electron chi connectivity index (χ0n) is 19.1. The predicted octanol–water partition coefficient (Wildman–Crippen LogP) is 5.17. The van der Waals surface area contributed by atoms with Gasteiger partial charge < -0.3 is 9.84 Å². The molecule has 0 aliphatic heterocycles. The molecule has 1 atom stereocenters. The zero-order valence-corrected chi connectivity index (χ0v) is 19.1. The highest BCUT2D eigenvalue weighted by Gasteiger charge is 2.18. The van der Waals surface area contributed by atoms with Crippen LogP contribution in [0.5, 0.6) is 5.75 Å². The molecular weight excluding hydrogens is 428 g/mol. The number of fused-ring (bicyclic) bond motifs is 1. The van der Waals surface area contributed by atoms with Crippen LogP contribution in [0.1, 0.15) is 41.7 Å². The largest absolute Gasteiger partial charge is 0.482 e. The number of aliphatic carboxylic acids is 1. The van der Waals surface area contributed by atoms with E-state index in [2.05, 4.69) is 22.6 Å². The van der Waals surface area contributed by atoms with E-state index in [1.807, 2.05) is 67.6 Å². The number of benzene rings is 2. The van der Waals surface area contributed by atoms with Gasteiger partial charge in [-0.1, -0.05) is 54.1 Å². The maximum Gasteiger partial charge on any atom is 0.341 e. The van der Waals surface area contributed by atoms with Gasteiger partial charge in [-0.3, -0.25) is 15.3 Å². The molecule has 3 aromatic rings. The number of hydrogen-bond donors (Lipinski definition) is 2. The summed E-state index contributed by atoms with van der Waals surface area (Å²) in [7, 11) is 0. The highest BCUT2D eigenvalue weighted by atomic mass is 16.7. The molecule has 0 amide bonds. The van der Waals surface area contributed by atoms with Crippen LogP contribution in [0.4, 0.5) is 0 Å². The Balaban J connectivity index is 1.41. The first-order valence-corrected chi connectivity index (χ1v) is 11.3. The predicted molar refractivity (Wildman–Crippen MR) is 130 cm³/mol. The Bertz CT molecular complexity index is 1130. The number of pyridine rings is 1. The molecule has 0 radical (unpaired) electrons. The molecule has 0 fully saturated rings. The summed E-state index contributed by atoms with van der Waals surface area (Å²) in [5.74, 6) is -0.299. The second kappa shape index (κ2) is 11.3. The molecule has 1 heterocycles. The summed E-state index contributed by atoms with van der Waals surface area (Å²) in [5, 5.41) is 8.89. The molecule has 2 aromatic carbocycles. The third-order valence-corrected chi connectivity index (χ3v) is 5.71. The van der Waals surface area contributed by atoms with E-state index >= 15 is 0 Å². The number of nitrogens with one attached hydrogen (secondary N) is 1. The number of allylic oxidation sites excluding steroid dienone is 4. The van der Waals surface area contributed by atoms with E-state index in [0.29, 0.717) is 5.75 Å². The van der Waals surface area contributed by atoms with Gasteiger partial charge in [0.15, 0.2) is 6.61 Å². The summed E-state index contributed by atoms with van der Waals surface area (Å²) in [4.78, 5) is 21.0. The smallest absolute Gasteiger partial charge is 0.341 e. The maximum atomic E-state index is 10.8. The Kier molecular flexibility index (Phi) is 7.73. The van der Waals surface area contributed by atoms with Crippen molar-refractivity contribution in [1.29, 1.82) is 0 Å². The number of carboxylic acid groups (broad SMARTS) is 1. The fraction of sp³-hybridized carbons (Fsp3) is 0.214. The summed E-state index contributed by atoms with van der Waals surface area (Å²) >= 11 is 0. The van der Waals surface area contributed by atoms with E-state index in [9.17, 15) is 4.79 Å². The minimum absolute atomic E-state index is 0.258. The lowest BCUT2D eigenvalue weighted by molar-refractivity contribution is -0.139. The van der Waals surface area contributed by atoms with Gasteiger partial charge in [-0.15, -0.1) is 0 Å². The summed E-state index contributed by atoms with van der Waals surface area (Å²) in [6.45, 7) is 1.65. The van der Waals surface area contributed by atoms with Crippen molar-refractivity contribution >= 4 is 5.97 Å². The maximum absolute atomic E-state index is 10.8. The van der Waals surface area contributed by atoms with Crippen LogP contribution in [-0.2, 0) is 22.5 Å². The van der Waals surface area contributed by atoms with E-state index in [1.54, 1.807) is 12.4 Å². The number of aromatic nitrogens is 1. The molecule has 1 aromatic heterocycles. The molecule has 0 spiro atoms. The van der Waals surface area contributed by atoms with Crippen LogP contribution in [0.2, 0.25) is 0 Å². The van der Waals surface area contributed by atoms with Crippen molar-refractivity contribution in [1.82, 2.24) is 10.5 Å². The van der Waals surface area contributed by atoms with Gasteiger partial charge in [0.05, 0.1) is 0 Å². The molecule has 1 aliphatic carbocycles. The monoisotopic (exact) mass is 456 g/mol. The van der Waals surface area contributed by atoms with E-state index in [-0.39, 0.29) is 12.7 Å². The number of ether oxygens (including phenoxy) is 1. The summed E-state index contributed by atoms with van der Waals surface area (Å²) in [5.41, 5.74) is 9.65. The molecule has 6 nitrogen and oxygen atoms in total. The number of nitrogens with zero attached hydrogens (tertiary/aromatic N) is 1. The average Bonchev–Trinajstić information content (AvgIpc) is 2.87. The second-order valence-corrected chi connectivity index (χ2v) is 8.22. The van der Waals surface area contributed by atoms with Crippen LogP contribution in [0, 0.1) is 0 Å². The third-order valence-electron chi connectivity index (χ3n) is 5.71. The first-order valence-electron chi connectivity index (χ1n) is 11.3. The van der Waals surface area contributed by atoms with Crippen LogP contribution < -0.4 is 10.2 Å². The Morgan fingerprint density at radius 2 is 1.82 bits per heavy atom. The number of carbonyl (C=O) groups is 1. The van der Waals surface area contributed by atoms with Gasteiger partial charge in [-0.05, 0) is 72.7 Å². The molecular formula is C28H28N2O4. The SMILES string of the molecule is CC(=CC=C1CCc2c(cccc2OCC(=O)O)C1)NOC(c1ccccc1)c1ccncc1. The second-order valence-electron chi connectivity index (χ2n) is 8.22. The minimum Gasteiger partial charge on any atom is -0.482 e. The number of rotatable bonds is 9. The Labute approximate surface area is 199 Å². The van der Waals surface area contributed by atoms with Crippen LogP contribution in [0.15, 0.2) is 96.5 Å². The molecule has 1 aliphatic rings. The summed E-state index contributed by atoms with van der Waals surface area (Å²) in [6, 6.07) is 19.8. The number of hydroxylamine groups is 1. The highest BCUT2D eigenvalue weighted by molar-refractivity contribution is 5.68. The minimum atomic E-state index is -0.970. The Hall–Kier alpha value is -3.90. The van der Waals surface area contributed by atoms with Gasteiger partial charge >= 0.3 is 5.97 Å². The fourth-order valence-electron chi connectivity index (χ4n) is 4.02. The van der Waals surface area contributed by atoms with Gasteiger partial charge in [-0.25, -0.2) is 4.79 Å². The normalized spacial score (nSPS) is 15.4. The lowest BCUT2D eigenvalue weighted by Gasteiger charge is -2.21. The molecule has 4 rings (SSSR count). The van der Waals surface area contributed by atoms with Gasteiger partial charge in [0.1, 0.15) is 11.9 Å². The van der Waals surface area contributed by atoms with Crippen molar-refractivity contribution in [3.8, 4) is 5.75 Å². The average molecular weight is 457 g/mol. The summed E-state index contributed by atoms with van der Waals surface area (Å²) < 4.78 is 5.47. The first kappa shape index (κ1) is 23.3. The van der Waals surface area contributed by atoms with E-state index in [1.165, 1.54) is 11.1 Å². The zero-order chi connectivity index (χ0) is 23.8. The van der Waals surface area contributed by atoms with Crippen molar-refractivity contribution in [2.75, 3.05) is 6.61 Å². The van der Waals surface area contributed by atoms with Crippen LogP contribution >= 0.6 is 0 Å². The van der Waals surface area contributed by atoms with E-state index in [0.717, 1.165) is 41.6 Å². The molecule has 34 heavy (non-hydrogen) atoms. The van der Waals surface area contributed by atoms with Crippen LogP contribution in [0.25, 0.3) is 0 Å². The van der Waals surface area contributed by atoms with Gasteiger partial charge in [-0.2, -0.15) is 0 Å². The first-order chi connectivity index (χ1) is 16.6. The van der Waals surface area contributed by atoms with Crippen molar-refractivity contribution in [3.63, 3.8) is 0 Å². The third kappa shape index (κ3) is 6.11. The number of hydrogen-bond acceptors (Lipinski definition) is 5. The van der Waals surface area contributed by atoms with Crippen molar-refractivity contribution < 1.29 is 19.5 Å². The molecule has 0 bridgehead atoms. The topological polar surface area (TPSA) is 80.7 Å². The molecule has 2 N–H and O–H groups in total. The molecule has 0 saturated heterocycles. The van der Waals surface area contributed by atoms with Crippen molar-refractivity contribution in [3.05, 3.63) is 119 Å². The van der Waals surface area contributed by atoms with Crippen molar-refractivity contribution in [2.24, 2.45) is 0 Å². The number of carboxylic acids is 1.